The summed E-state index contributed by atoms with van der Waals surface area (Å²) in [6, 6.07) is 6.29. The van der Waals surface area contributed by atoms with Crippen LogP contribution in [-0.2, 0) is 4.74 Å². The number of benzene rings is 1. The summed E-state index contributed by atoms with van der Waals surface area (Å²) in [5.41, 5.74) is 11.2. The molecule has 2 aromatic rings. The average Bonchev–Trinajstić information content (AvgIpc) is 3.11. The zero-order chi connectivity index (χ0) is 14.1. The molecule has 2 N–H and O–H groups in total. The molecule has 2 unspecified atom stereocenters. The summed E-state index contributed by atoms with van der Waals surface area (Å²) in [5, 5.41) is 0. The second kappa shape index (κ2) is 5.38. The van der Waals surface area contributed by atoms with E-state index in [4.69, 9.17) is 10.5 Å². The first-order chi connectivity index (χ1) is 9.68. The van der Waals surface area contributed by atoms with Crippen LogP contribution in [-0.4, -0.2) is 22.8 Å². The van der Waals surface area contributed by atoms with Crippen molar-refractivity contribution in [2.24, 2.45) is 11.7 Å². The molecule has 1 saturated heterocycles. The molecular weight excluding hydrogens is 250 g/mol. The number of nitrogens with zero attached hydrogens (tertiary/aromatic N) is 2. The van der Waals surface area contributed by atoms with Gasteiger partial charge in [0.1, 0.15) is 0 Å². The molecule has 2 heterocycles. The van der Waals surface area contributed by atoms with Crippen LogP contribution in [0.3, 0.4) is 0 Å². The lowest BCUT2D eigenvalue weighted by Crippen LogP contribution is -2.24. The minimum absolute atomic E-state index is 0.0279. The Morgan fingerprint density at radius 2 is 2.25 bits per heavy atom. The van der Waals surface area contributed by atoms with Crippen LogP contribution >= 0.6 is 0 Å². The molecule has 0 saturated carbocycles. The van der Waals surface area contributed by atoms with E-state index in [1.807, 2.05) is 12.5 Å². The lowest BCUT2D eigenvalue weighted by atomic mass is 9.97. The Bertz CT molecular complexity index is 600. The molecule has 1 aromatic heterocycles. The molecule has 0 radical (unpaired) electrons. The third-order valence-corrected chi connectivity index (χ3v) is 4.32. The van der Waals surface area contributed by atoms with Crippen LogP contribution in [0.5, 0.6) is 0 Å². The van der Waals surface area contributed by atoms with E-state index in [2.05, 4.69) is 41.6 Å². The topological polar surface area (TPSA) is 53.1 Å². The van der Waals surface area contributed by atoms with Gasteiger partial charge in [-0.2, -0.15) is 0 Å². The highest BCUT2D eigenvalue weighted by Crippen LogP contribution is 2.29. The number of hydrogen-bond donors (Lipinski definition) is 1. The summed E-state index contributed by atoms with van der Waals surface area (Å²) in [7, 11) is 0. The number of aromatic nitrogens is 2. The molecule has 2 atom stereocenters. The average molecular weight is 271 g/mol. The number of ether oxygens (including phenoxy) is 1. The van der Waals surface area contributed by atoms with Crippen molar-refractivity contribution >= 4 is 0 Å². The molecule has 106 valence electrons. The van der Waals surface area contributed by atoms with E-state index in [1.54, 1.807) is 0 Å². The molecule has 0 amide bonds. The van der Waals surface area contributed by atoms with E-state index < -0.39 is 0 Å². The predicted octanol–water partition coefficient (Wildman–Crippen LogP) is 2.53. The van der Waals surface area contributed by atoms with Crippen LogP contribution < -0.4 is 5.73 Å². The first kappa shape index (κ1) is 13.3. The number of nitrogens with two attached hydrogens (primary N) is 1. The van der Waals surface area contributed by atoms with Crippen molar-refractivity contribution < 1.29 is 4.74 Å². The Morgan fingerprint density at radius 3 is 3.00 bits per heavy atom. The second-order valence-corrected chi connectivity index (χ2v) is 5.56. The molecule has 4 heteroatoms. The molecular formula is C16H21N3O. The van der Waals surface area contributed by atoms with E-state index in [9.17, 15) is 0 Å². The quantitative estimate of drug-likeness (QED) is 0.933. The number of hydrogen-bond acceptors (Lipinski definition) is 3. The summed E-state index contributed by atoms with van der Waals surface area (Å²) in [6.07, 6.45) is 4.76. The van der Waals surface area contributed by atoms with Gasteiger partial charge in [-0.15, -0.1) is 0 Å². The summed E-state index contributed by atoms with van der Waals surface area (Å²) in [4.78, 5) is 4.30. The molecule has 1 aliphatic heterocycles. The summed E-state index contributed by atoms with van der Waals surface area (Å²) in [5.74, 6) is 0.385. The number of rotatable bonds is 3. The molecule has 1 fully saturated rings. The van der Waals surface area contributed by atoms with Crippen molar-refractivity contribution in [2.45, 2.75) is 26.3 Å². The normalized spacial score (nSPS) is 20.2. The van der Waals surface area contributed by atoms with E-state index in [0.29, 0.717) is 5.92 Å². The third-order valence-electron chi connectivity index (χ3n) is 4.32. The molecule has 1 aliphatic rings. The van der Waals surface area contributed by atoms with Crippen molar-refractivity contribution in [3.63, 3.8) is 0 Å². The molecule has 0 aliphatic carbocycles. The minimum atomic E-state index is -0.0279. The van der Waals surface area contributed by atoms with Gasteiger partial charge in [-0.05, 0) is 37.5 Å². The van der Waals surface area contributed by atoms with Gasteiger partial charge in [-0.25, -0.2) is 4.98 Å². The van der Waals surface area contributed by atoms with Gasteiger partial charge in [0.25, 0.3) is 0 Å². The van der Waals surface area contributed by atoms with Crippen LogP contribution in [0.1, 0.15) is 29.3 Å². The summed E-state index contributed by atoms with van der Waals surface area (Å²) < 4.78 is 7.57. The number of aryl methyl sites for hydroxylation is 1. The van der Waals surface area contributed by atoms with Crippen LogP contribution in [0.15, 0.2) is 30.7 Å². The fourth-order valence-corrected chi connectivity index (χ4v) is 2.83. The summed E-state index contributed by atoms with van der Waals surface area (Å²) >= 11 is 0. The van der Waals surface area contributed by atoms with Crippen LogP contribution in [0.2, 0.25) is 0 Å². The predicted molar refractivity (Wildman–Crippen MR) is 78.9 cm³/mol. The zero-order valence-electron chi connectivity index (χ0n) is 12.0. The van der Waals surface area contributed by atoms with Crippen LogP contribution in [0.25, 0.3) is 5.69 Å². The first-order valence-electron chi connectivity index (χ1n) is 7.10. The zero-order valence-corrected chi connectivity index (χ0v) is 12.0. The highest BCUT2D eigenvalue weighted by atomic mass is 16.5. The van der Waals surface area contributed by atoms with Crippen LogP contribution in [0, 0.1) is 19.8 Å². The Balaban J connectivity index is 1.99. The maximum Gasteiger partial charge on any atom is 0.0994 e. The van der Waals surface area contributed by atoms with Crippen molar-refractivity contribution in [1.29, 1.82) is 0 Å². The van der Waals surface area contributed by atoms with Gasteiger partial charge in [0.15, 0.2) is 0 Å². The molecule has 1 aromatic carbocycles. The highest BCUT2D eigenvalue weighted by molar-refractivity contribution is 5.46. The van der Waals surface area contributed by atoms with Gasteiger partial charge in [-0.1, -0.05) is 12.1 Å². The lowest BCUT2D eigenvalue weighted by molar-refractivity contribution is 0.180. The fraction of sp³-hybridized carbons (Fsp3) is 0.438. The van der Waals surface area contributed by atoms with Crippen LogP contribution in [0.4, 0.5) is 0 Å². The molecule has 20 heavy (non-hydrogen) atoms. The Kier molecular flexibility index (Phi) is 3.59. The molecule has 3 rings (SSSR count). The Labute approximate surface area is 119 Å². The standard InChI is InChI=1S/C16H21N3O/c1-11-4-3-5-14(12(11)2)19-10-18-8-15(19)16(17)13-6-7-20-9-13/h3-5,8,10,13,16H,6-7,9,17H2,1-2H3. The van der Waals surface area contributed by atoms with E-state index in [0.717, 1.165) is 31.0 Å². The second-order valence-electron chi connectivity index (χ2n) is 5.56. The minimum Gasteiger partial charge on any atom is -0.381 e. The SMILES string of the molecule is Cc1cccc(-n2cncc2C(N)C2CCOC2)c1C. The van der Waals surface area contributed by atoms with Gasteiger partial charge in [0, 0.05) is 18.2 Å². The van der Waals surface area contributed by atoms with Crippen molar-refractivity contribution in [1.82, 2.24) is 9.55 Å². The lowest BCUT2D eigenvalue weighted by Gasteiger charge is -2.20. The van der Waals surface area contributed by atoms with E-state index in [-0.39, 0.29) is 6.04 Å². The van der Waals surface area contributed by atoms with Gasteiger partial charge in [0.05, 0.1) is 30.9 Å². The van der Waals surface area contributed by atoms with Crippen molar-refractivity contribution in [2.75, 3.05) is 13.2 Å². The molecule has 0 bridgehead atoms. The van der Waals surface area contributed by atoms with Gasteiger partial charge >= 0.3 is 0 Å². The summed E-state index contributed by atoms with van der Waals surface area (Å²) in [6.45, 7) is 5.83. The maximum absolute atomic E-state index is 6.43. The molecule has 4 nitrogen and oxygen atoms in total. The highest BCUT2D eigenvalue weighted by Gasteiger charge is 2.26. The van der Waals surface area contributed by atoms with Crippen molar-refractivity contribution in [3.05, 3.63) is 47.5 Å². The smallest absolute Gasteiger partial charge is 0.0994 e. The molecule has 0 spiro atoms. The monoisotopic (exact) mass is 271 g/mol. The van der Waals surface area contributed by atoms with E-state index >= 15 is 0 Å². The Hall–Kier alpha value is -1.65. The van der Waals surface area contributed by atoms with Crippen molar-refractivity contribution in [3.8, 4) is 5.69 Å². The Morgan fingerprint density at radius 1 is 1.40 bits per heavy atom. The van der Waals surface area contributed by atoms with Gasteiger partial charge in [-0.3, -0.25) is 0 Å². The largest absolute Gasteiger partial charge is 0.381 e. The fourth-order valence-electron chi connectivity index (χ4n) is 2.83. The first-order valence-corrected chi connectivity index (χ1v) is 7.10. The van der Waals surface area contributed by atoms with Gasteiger partial charge < -0.3 is 15.0 Å². The van der Waals surface area contributed by atoms with Gasteiger partial charge in [0.2, 0.25) is 0 Å². The third kappa shape index (κ3) is 2.25. The number of imidazole rings is 1. The van der Waals surface area contributed by atoms with E-state index in [1.165, 1.54) is 11.1 Å². The maximum atomic E-state index is 6.43.